The minimum atomic E-state index is -0.242. The average Bonchev–Trinajstić information content (AvgIpc) is 2.66. The number of ether oxygens (including phenoxy) is 1. The quantitative estimate of drug-likeness (QED) is 0.827. The van der Waals surface area contributed by atoms with Gasteiger partial charge in [-0.2, -0.15) is 0 Å². The monoisotopic (exact) mass is 246 g/mol. The minimum Gasteiger partial charge on any atom is -0.497 e. The first-order chi connectivity index (χ1) is 8.64. The fraction of sp³-hybridized carbons (Fsp3) is 0.533. The third-order valence-corrected chi connectivity index (χ3v) is 4.48. The van der Waals surface area contributed by atoms with Crippen LogP contribution in [0.25, 0.3) is 0 Å². The van der Waals surface area contributed by atoms with Crippen molar-refractivity contribution in [3.8, 4) is 5.75 Å². The zero-order valence-corrected chi connectivity index (χ0v) is 10.6. The molecule has 18 heavy (non-hydrogen) atoms. The Labute approximate surface area is 107 Å². The Balaban J connectivity index is 1.93. The summed E-state index contributed by atoms with van der Waals surface area (Å²) in [7, 11) is 1.64. The topological polar surface area (TPSA) is 46.5 Å². The lowest BCUT2D eigenvalue weighted by Crippen LogP contribution is -2.34. The van der Waals surface area contributed by atoms with Crippen molar-refractivity contribution in [1.29, 1.82) is 0 Å². The van der Waals surface area contributed by atoms with Crippen LogP contribution in [0.2, 0.25) is 0 Å². The van der Waals surface area contributed by atoms with E-state index >= 15 is 0 Å². The molecule has 0 unspecified atom stereocenters. The molecule has 2 aliphatic carbocycles. The summed E-state index contributed by atoms with van der Waals surface area (Å²) < 4.78 is 5.22. The Hall–Kier alpha value is -1.35. The molecular weight excluding hydrogens is 228 g/mol. The van der Waals surface area contributed by atoms with Crippen LogP contribution in [0.4, 0.5) is 0 Å². The molecule has 3 nitrogen and oxygen atoms in total. The normalized spacial score (nSPS) is 30.6. The standard InChI is InChI=1S/C15H18O3/c1-18-12-2-3-13-10(8-12)9-15(14(13)17)6-4-11(16)5-7-15/h2-3,8,11,16H,4-7,9H2,1H3. The van der Waals surface area contributed by atoms with Gasteiger partial charge in [0.1, 0.15) is 5.75 Å². The highest BCUT2D eigenvalue weighted by atomic mass is 16.5. The van der Waals surface area contributed by atoms with Crippen LogP contribution in [0, 0.1) is 5.41 Å². The van der Waals surface area contributed by atoms with Crippen molar-refractivity contribution in [3.63, 3.8) is 0 Å². The molecule has 1 aromatic rings. The first kappa shape index (κ1) is 11.7. The Morgan fingerprint density at radius 1 is 1.33 bits per heavy atom. The number of fused-ring (bicyclic) bond motifs is 1. The van der Waals surface area contributed by atoms with Crippen LogP contribution >= 0.6 is 0 Å². The molecule has 1 fully saturated rings. The van der Waals surface area contributed by atoms with E-state index < -0.39 is 0 Å². The highest BCUT2D eigenvalue weighted by Crippen LogP contribution is 2.47. The maximum Gasteiger partial charge on any atom is 0.169 e. The van der Waals surface area contributed by atoms with Crippen LogP contribution in [-0.2, 0) is 6.42 Å². The lowest BCUT2D eigenvalue weighted by Gasteiger charge is -2.33. The van der Waals surface area contributed by atoms with Gasteiger partial charge in [0.25, 0.3) is 0 Å². The molecule has 0 radical (unpaired) electrons. The van der Waals surface area contributed by atoms with Gasteiger partial charge in [0.2, 0.25) is 0 Å². The van der Waals surface area contributed by atoms with Crippen molar-refractivity contribution < 1.29 is 14.6 Å². The second kappa shape index (κ2) is 4.09. The Morgan fingerprint density at radius 2 is 2.06 bits per heavy atom. The first-order valence-corrected chi connectivity index (χ1v) is 6.54. The number of carbonyl (C=O) groups is 1. The summed E-state index contributed by atoms with van der Waals surface area (Å²) in [5, 5.41) is 9.61. The molecule has 3 rings (SSSR count). The number of aliphatic hydroxyl groups excluding tert-OH is 1. The minimum absolute atomic E-state index is 0.221. The van der Waals surface area contributed by atoms with Crippen LogP contribution < -0.4 is 4.74 Å². The van der Waals surface area contributed by atoms with Gasteiger partial charge in [-0.1, -0.05) is 0 Å². The Bertz CT molecular complexity index is 485. The lowest BCUT2D eigenvalue weighted by atomic mass is 9.70. The van der Waals surface area contributed by atoms with Crippen molar-refractivity contribution in [1.82, 2.24) is 0 Å². The number of methoxy groups -OCH3 is 1. The largest absolute Gasteiger partial charge is 0.497 e. The zero-order valence-electron chi connectivity index (χ0n) is 10.6. The van der Waals surface area contributed by atoms with E-state index in [1.165, 1.54) is 0 Å². The van der Waals surface area contributed by atoms with E-state index in [0.29, 0.717) is 0 Å². The van der Waals surface area contributed by atoms with Gasteiger partial charge in [0.15, 0.2) is 5.78 Å². The number of ketones is 1. The highest BCUT2D eigenvalue weighted by molar-refractivity contribution is 6.05. The molecule has 0 saturated heterocycles. The molecule has 1 saturated carbocycles. The van der Waals surface area contributed by atoms with E-state index in [2.05, 4.69) is 0 Å². The van der Waals surface area contributed by atoms with Crippen LogP contribution in [0.1, 0.15) is 41.6 Å². The van der Waals surface area contributed by atoms with Gasteiger partial charge in [-0.15, -0.1) is 0 Å². The van der Waals surface area contributed by atoms with Crippen molar-refractivity contribution in [2.24, 2.45) is 5.41 Å². The van der Waals surface area contributed by atoms with Crippen molar-refractivity contribution in [2.75, 3.05) is 7.11 Å². The van der Waals surface area contributed by atoms with Gasteiger partial charge in [-0.3, -0.25) is 4.79 Å². The SMILES string of the molecule is COc1ccc2c(c1)CC1(CCC(O)CC1)C2=O. The molecule has 1 spiro atoms. The number of benzene rings is 1. The average molecular weight is 246 g/mol. The molecule has 2 aliphatic rings. The summed E-state index contributed by atoms with van der Waals surface area (Å²) in [6, 6.07) is 5.72. The molecule has 1 aromatic carbocycles. The molecular formula is C15H18O3. The molecule has 0 aliphatic heterocycles. The summed E-state index contributed by atoms with van der Waals surface area (Å²) in [5.41, 5.74) is 1.72. The lowest BCUT2D eigenvalue weighted by molar-refractivity contribution is 0.0513. The number of aliphatic hydroxyl groups is 1. The van der Waals surface area contributed by atoms with Gasteiger partial charge < -0.3 is 9.84 Å². The number of rotatable bonds is 1. The summed E-state index contributed by atoms with van der Waals surface area (Å²) in [4.78, 5) is 12.6. The first-order valence-electron chi connectivity index (χ1n) is 6.54. The van der Waals surface area contributed by atoms with Crippen LogP contribution in [0.5, 0.6) is 5.75 Å². The summed E-state index contributed by atoms with van der Waals surface area (Å²) in [6.07, 6.45) is 3.70. The van der Waals surface area contributed by atoms with Gasteiger partial charge in [-0.25, -0.2) is 0 Å². The van der Waals surface area contributed by atoms with E-state index in [-0.39, 0.29) is 17.3 Å². The van der Waals surface area contributed by atoms with Gasteiger partial charge in [0, 0.05) is 11.0 Å². The molecule has 0 atom stereocenters. The van der Waals surface area contributed by atoms with Crippen molar-refractivity contribution in [2.45, 2.75) is 38.2 Å². The molecule has 1 N–H and O–H groups in total. The highest BCUT2D eigenvalue weighted by Gasteiger charge is 2.47. The number of hydrogen-bond donors (Lipinski definition) is 1. The fourth-order valence-corrected chi connectivity index (χ4v) is 3.35. The molecule has 3 heteroatoms. The van der Waals surface area contributed by atoms with Crippen LogP contribution in [0.3, 0.4) is 0 Å². The van der Waals surface area contributed by atoms with E-state index in [1.807, 2.05) is 18.2 Å². The molecule has 0 aromatic heterocycles. The van der Waals surface area contributed by atoms with E-state index in [1.54, 1.807) is 7.11 Å². The van der Waals surface area contributed by atoms with Crippen molar-refractivity contribution in [3.05, 3.63) is 29.3 Å². The Kier molecular flexibility index (Phi) is 2.67. The second-order valence-corrected chi connectivity index (χ2v) is 5.54. The third-order valence-electron chi connectivity index (χ3n) is 4.48. The van der Waals surface area contributed by atoms with E-state index in [4.69, 9.17) is 4.74 Å². The fourth-order valence-electron chi connectivity index (χ4n) is 3.35. The predicted molar refractivity (Wildman–Crippen MR) is 67.9 cm³/mol. The molecule has 0 bridgehead atoms. The summed E-state index contributed by atoms with van der Waals surface area (Å²) in [5.74, 6) is 1.08. The number of hydrogen-bond acceptors (Lipinski definition) is 3. The Morgan fingerprint density at radius 3 is 2.72 bits per heavy atom. The van der Waals surface area contributed by atoms with E-state index in [0.717, 1.165) is 49.0 Å². The molecule has 0 heterocycles. The molecule has 96 valence electrons. The van der Waals surface area contributed by atoms with Gasteiger partial charge >= 0.3 is 0 Å². The van der Waals surface area contributed by atoms with E-state index in [9.17, 15) is 9.90 Å². The number of Topliss-reactive ketones (excluding diaryl/α,β-unsaturated/α-hetero) is 1. The summed E-state index contributed by atoms with van der Waals surface area (Å²) >= 11 is 0. The maximum atomic E-state index is 12.6. The van der Waals surface area contributed by atoms with Gasteiger partial charge in [-0.05, 0) is 55.9 Å². The van der Waals surface area contributed by atoms with Gasteiger partial charge in [0.05, 0.1) is 13.2 Å². The summed E-state index contributed by atoms with van der Waals surface area (Å²) in [6.45, 7) is 0. The molecule has 0 amide bonds. The number of carbonyl (C=O) groups excluding carboxylic acids is 1. The second-order valence-electron chi connectivity index (χ2n) is 5.54. The predicted octanol–water partition coefficient (Wildman–Crippen LogP) is 2.36. The maximum absolute atomic E-state index is 12.6. The smallest absolute Gasteiger partial charge is 0.169 e. The zero-order chi connectivity index (χ0) is 12.8. The third kappa shape index (κ3) is 1.65. The van der Waals surface area contributed by atoms with Crippen LogP contribution in [-0.4, -0.2) is 24.1 Å². The van der Waals surface area contributed by atoms with Crippen molar-refractivity contribution >= 4 is 5.78 Å². The van der Waals surface area contributed by atoms with Crippen LogP contribution in [0.15, 0.2) is 18.2 Å².